The van der Waals surface area contributed by atoms with Crippen LogP contribution in [-0.4, -0.2) is 24.6 Å². The Morgan fingerprint density at radius 2 is 2.00 bits per heavy atom. The maximum atomic E-state index is 13.6. The van der Waals surface area contributed by atoms with Gasteiger partial charge in [-0.05, 0) is 49.7 Å². The van der Waals surface area contributed by atoms with Crippen molar-refractivity contribution < 1.29 is 23.5 Å². The number of ether oxygens (including phenoxy) is 2. The smallest absolute Gasteiger partial charge is 0.347 e. The molecule has 0 spiro atoms. The number of carbonyl (C=O) groups is 2. The third-order valence-corrected chi connectivity index (χ3v) is 3.68. The fourth-order valence-corrected chi connectivity index (χ4v) is 2.31. The fourth-order valence-electron chi connectivity index (χ4n) is 1.97. The molecule has 0 aliphatic heterocycles. The van der Waals surface area contributed by atoms with Crippen LogP contribution in [0.2, 0.25) is 0 Å². The molecule has 0 heterocycles. The second-order valence-electron chi connectivity index (χ2n) is 5.36. The third kappa shape index (κ3) is 5.86. The Bertz CT molecular complexity index is 781. The summed E-state index contributed by atoms with van der Waals surface area (Å²) in [5.74, 6) is -1.39. The Morgan fingerprint density at radius 1 is 1.24 bits per heavy atom. The van der Waals surface area contributed by atoms with Gasteiger partial charge in [-0.2, -0.15) is 0 Å². The van der Waals surface area contributed by atoms with E-state index in [9.17, 15) is 14.0 Å². The Hall–Kier alpha value is -2.41. The first kappa shape index (κ1) is 18.9. The van der Waals surface area contributed by atoms with Crippen LogP contribution in [0.3, 0.4) is 0 Å². The molecule has 5 nitrogen and oxygen atoms in total. The van der Waals surface area contributed by atoms with Crippen molar-refractivity contribution in [2.24, 2.45) is 0 Å². The molecule has 0 fully saturated rings. The van der Waals surface area contributed by atoms with Crippen LogP contribution in [0.1, 0.15) is 12.5 Å². The predicted molar refractivity (Wildman–Crippen MR) is 95.0 cm³/mol. The lowest BCUT2D eigenvalue weighted by molar-refractivity contribution is -0.153. The average Bonchev–Trinajstić information content (AvgIpc) is 2.55. The Kier molecular flexibility index (Phi) is 6.52. The number of hydrogen-bond donors (Lipinski definition) is 1. The molecule has 0 aliphatic rings. The summed E-state index contributed by atoms with van der Waals surface area (Å²) in [5, 5.41) is 2.34. The van der Waals surface area contributed by atoms with Crippen LogP contribution < -0.4 is 10.1 Å². The molecule has 0 bridgehead atoms. The minimum Gasteiger partial charge on any atom is -0.479 e. The standard InChI is InChI=1S/C18H17BrFNO4/c1-11-4-3-5-14(8-11)25-12(2)18(23)24-10-17(22)21-16-7-6-13(19)9-15(16)20/h3-9,12H,10H2,1-2H3,(H,21,22)/t12-/m0/s1. The lowest BCUT2D eigenvalue weighted by atomic mass is 10.2. The molecule has 7 heteroatoms. The second kappa shape index (κ2) is 8.62. The van der Waals surface area contributed by atoms with Crippen LogP contribution >= 0.6 is 15.9 Å². The Balaban J connectivity index is 1.83. The number of benzene rings is 2. The molecular formula is C18H17BrFNO4. The van der Waals surface area contributed by atoms with Crippen LogP contribution in [0.5, 0.6) is 5.75 Å². The maximum absolute atomic E-state index is 13.6. The van der Waals surface area contributed by atoms with E-state index in [1.165, 1.54) is 19.1 Å². The zero-order valence-corrected chi connectivity index (χ0v) is 15.3. The van der Waals surface area contributed by atoms with Crippen LogP contribution in [0.4, 0.5) is 10.1 Å². The summed E-state index contributed by atoms with van der Waals surface area (Å²) in [6, 6.07) is 11.4. The summed E-state index contributed by atoms with van der Waals surface area (Å²) in [6.45, 7) is 2.90. The molecule has 0 unspecified atom stereocenters. The fraction of sp³-hybridized carbons (Fsp3) is 0.222. The average molecular weight is 410 g/mol. The van der Waals surface area contributed by atoms with Crippen LogP contribution in [0.25, 0.3) is 0 Å². The number of halogens is 2. The topological polar surface area (TPSA) is 64.6 Å². The van der Waals surface area contributed by atoms with Gasteiger partial charge in [0.1, 0.15) is 11.6 Å². The monoisotopic (exact) mass is 409 g/mol. The van der Waals surface area contributed by atoms with Crippen molar-refractivity contribution in [3.63, 3.8) is 0 Å². The van der Waals surface area contributed by atoms with Gasteiger partial charge >= 0.3 is 5.97 Å². The van der Waals surface area contributed by atoms with E-state index in [-0.39, 0.29) is 5.69 Å². The number of aryl methyl sites for hydroxylation is 1. The molecule has 2 rings (SSSR count). The lowest BCUT2D eigenvalue weighted by Gasteiger charge is -2.14. The van der Waals surface area contributed by atoms with Gasteiger partial charge in [0.2, 0.25) is 0 Å². The first-order chi connectivity index (χ1) is 11.8. The lowest BCUT2D eigenvalue weighted by Crippen LogP contribution is -2.29. The summed E-state index contributed by atoms with van der Waals surface area (Å²) in [5.41, 5.74) is 1.00. The molecule has 2 aromatic carbocycles. The summed E-state index contributed by atoms with van der Waals surface area (Å²) < 4.78 is 24.6. The number of hydrogen-bond acceptors (Lipinski definition) is 4. The third-order valence-electron chi connectivity index (χ3n) is 3.19. The van der Waals surface area contributed by atoms with Crippen molar-refractivity contribution in [1.82, 2.24) is 0 Å². The maximum Gasteiger partial charge on any atom is 0.347 e. The van der Waals surface area contributed by atoms with E-state index in [0.29, 0.717) is 10.2 Å². The SMILES string of the molecule is Cc1cccc(O[C@@H](C)C(=O)OCC(=O)Nc2ccc(Br)cc2F)c1. The molecule has 0 saturated heterocycles. The number of nitrogens with one attached hydrogen (secondary N) is 1. The van der Waals surface area contributed by atoms with Gasteiger partial charge in [0.25, 0.3) is 5.91 Å². The van der Waals surface area contributed by atoms with Gasteiger partial charge < -0.3 is 14.8 Å². The number of carbonyl (C=O) groups excluding carboxylic acids is 2. The van der Waals surface area contributed by atoms with E-state index in [1.54, 1.807) is 18.2 Å². The molecule has 2 aromatic rings. The van der Waals surface area contributed by atoms with Gasteiger partial charge in [-0.25, -0.2) is 9.18 Å². The molecule has 0 saturated carbocycles. The Morgan fingerprint density at radius 3 is 2.68 bits per heavy atom. The number of esters is 1. The second-order valence-corrected chi connectivity index (χ2v) is 6.27. The van der Waals surface area contributed by atoms with Crippen molar-refractivity contribution in [2.45, 2.75) is 20.0 Å². The highest BCUT2D eigenvalue weighted by atomic mass is 79.9. The zero-order chi connectivity index (χ0) is 18.4. The normalized spacial score (nSPS) is 11.5. The van der Waals surface area contributed by atoms with Crippen LogP contribution in [0.15, 0.2) is 46.9 Å². The highest BCUT2D eigenvalue weighted by molar-refractivity contribution is 9.10. The van der Waals surface area contributed by atoms with E-state index in [1.807, 2.05) is 19.1 Å². The van der Waals surface area contributed by atoms with Crippen molar-refractivity contribution >= 4 is 33.5 Å². The van der Waals surface area contributed by atoms with E-state index in [4.69, 9.17) is 9.47 Å². The van der Waals surface area contributed by atoms with Gasteiger partial charge in [0, 0.05) is 4.47 Å². The van der Waals surface area contributed by atoms with Crippen LogP contribution in [-0.2, 0) is 14.3 Å². The number of rotatable bonds is 6. The van der Waals surface area contributed by atoms with Gasteiger partial charge in [-0.1, -0.05) is 28.1 Å². The summed E-state index contributed by atoms with van der Waals surface area (Å²) >= 11 is 3.12. The minimum absolute atomic E-state index is 0.00769. The molecule has 1 N–H and O–H groups in total. The molecular weight excluding hydrogens is 393 g/mol. The predicted octanol–water partition coefficient (Wildman–Crippen LogP) is 3.85. The highest BCUT2D eigenvalue weighted by Crippen LogP contribution is 2.19. The quantitative estimate of drug-likeness (QED) is 0.735. The number of anilines is 1. The van der Waals surface area contributed by atoms with Crippen molar-refractivity contribution in [3.05, 3.63) is 58.3 Å². The molecule has 1 amide bonds. The largest absolute Gasteiger partial charge is 0.479 e. The van der Waals surface area contributed by atoms with Crippen molar-refractivity contribution in [1.29, 1.82) is 0 Å². The molecule has 1 atom stereocenters. The van der Waals surface area contributed by atoms with Crippen LogP contribution in [0, 0.1) is 12.7 Å². The minimum atomic E-state index is -0.876. The highest BCUT2D eigenvalue weighted by Gasteiger charge is 2.18. The van der Waals surface area contributed by atoms with Gasteiger partial charge in [0.05, 0.1) is 5.69 Å². The van der Waals surface area contributed by atoms with E-state index in [2.05, 4.69) is 21.2 Å². The van der Waals surface area contributed by atoms with E-state index in [0.717, 1.165) is 5.56 Å². The number of amides is 1. The van der Waals surface area contributed by atoms with Gasteiger partial charge in [-0.3, -0.25) is 4.79 Å². The molecule has 25 heavy (non-hydrogen) atoms. The molecule has 0 radical (unpaired) electrons. The van der Waals surface area contributed by atoms with Gasteiger partial charge in [0.15, 0.2) is 12.7 Å². The first-order valence-corrected chi connectivity index (χ1v) is 8.29. The first-order valence-electron chi connectivity index (χ1n) is 7.50. The van der Waals surface area contributed by atoms with Gasteiger partial charge in [-0.15, -0.1) is 0 Å². The van der Waals surface area contributed by atoms with Crippen molar-refractivity contribution in [2.75, 3.05) is 11.9 Å². The van der Waals surface area contributed by atoms with E-state index >= 15 is 0 Å². The Labute approximate surface area is 153 Å². The van der Waals surface area contributed by atoms with Crippen molar-refractivity contribution in [3.8, 4) is 5.75 Å². The zero-order valence-electron chi connectivity index (χ0n) is 13.7. The summed E-state index contributed by atoms with van der Waals surface area (Å²) in [4.78, 5) is 23.7. The molecule has 132 valence electrons. The summed E-state index contributed by atoms with van der Waals surface area (Å²) in [7, 11) is 0. The summed E-state index contributed by atoms with van der Waals surface area (Å²) in [6.07, 6.45) is -0.876. The van der Waals surface area contributed by atoms with E-state index < -0.39 is 30.4 Å². The molecule has 0 aromatic heterocycles. The molecule has 0 aliphatic carbocycles.